The zero-order valence-corrected chi connectivity index (χ0v) is 11.0. The summed E-state index contributed by atoms with van der Waals surface area (Å²) in [6.07, 6.45) is 0. The first kappa shape index (κ1) is 12.3. The Bertz CT molecular complexity index is 818. The Morgan fingerprint density at radius 3 is 2.68 bits per heavy atom. The van der Waals surface area contributed by atoms with Gasteiger partial charge in [0.25, 0.3) is 0 Å². The van der Waals surface area contributed by atoms with Crippen molar-refractivity contribution in [1.82, 2.24) is 9.55 Å². The molecule has 0 fully saturated rings. The number of para-hydroxylation sites is 1. The number of benzene rings is 2. The van der Waals surface area contributed by atoms with Gasteiger partial charge in [0.1, 0.15) is 17.3 Å². The van der Waals surface area contributed by atoms with Crippen LogP contribution >= 0.6 is 23.8 Å². The van der Waals surface area contributed by atoms with E-state index in [1.54, 1.807) is 12.1 Å². The molecule has 0 unspecified atom stereocenters. The molecule has 0 aliphatic rings. The average Bonchev–Trinajstić information content (AvgIpc) is 2.66. The Hall–Kier alpha value is -1.72. The smallest absolute Gasteiger partial charge is 0.182 e. The number of H-pyrrole nitrogens is 1. The van der Waals surface area contributed by atoms with Crippen LogP contribution < -0.4 is 0 Å². The van der Waals surface area contributed by atoms with Gasteiger partial charge in [-0.25, -0.2) is 8.78 Å². The van der Waals surface area contributed by atoms with Crippen LogP contribution in [0.3, 0.4) is 0 Å². The maximum absolute atomic E-state index is 14.0. The molecule has 3 rings (SSSR count). The summed E-state index contributed by atoms with van der Waals surface area (Å²) in [5, 5.41) is 0.210. The van der Waals surface area contributed by atoms with Crippen molar-refractivity contribution in [1.29, 1.82) is 0 Å². The number of aromatic nitrogens is 2. The van der Waals surface area contributed by atoms with Crippen molar-refractivity contribution in [3.05, 3.63) is 57.8 Å². The molecular formula is C13H7ClF2N2S. The molecule has 2 nitrogen and oxygen atoms in total. The topological polar surface area (TPSA) is 20.7 Å². The van der Waals surface area contributed by atoms with E-state index in [2.05, 4.69) is 4.98 Å². The summed E-state index contributed by atoms with van der Waals surface area (Å²) in [5.74, 6) is -0.948. The molecule has 0 amide bonds. The van der Waals surface area contributed by atoms with Crippen LogP contribution in [0, 0.1) is 16.4 Å². The Morgan fingerprint density at radius 1 is 1.16 bits per heavy atom. The quantitative estimate of drug-likeness (QED) is 0.650. The number of imidazole rings is 1. The van der Waals surface area contributed by atoms with E-state index >= 15 is 0 Å². The minimum absolute atomic E-state index is 0.117. The largest absolute Gasteiger partial charge is 0.330 e. The van der Waals surface area contributed by atoms with E-state index in [1.807, 2.05) is 0 Å². The summed E-state index contributed by atoms with van der Waals surface area (Å²) >= 11 is 11.2. The first-order valence-corrected chi connectivity index (χ1v) is 6.21. The van der Waals surface area contributed by atoms with Crippen LogP contribution in [0.1, 0.15) is 0 Å². The second-order valence-corrected chi connectivity index (χ2v) is 4.79. The van der Waals surface area contributed by atoms with Gasteiger partial charge in [0.15, 0.2) is 4.77 Å². The number of hydrogen-bond donors (Lipinski definition) is 1. The number of nitrogens with zero attached hydrogens (tertiary/aromatic N) is 1. The Labute approximate surface area is 117 Å². The predicted octanol–water partition coefficient (Wildman–Crippen LogP) is 4.62. The highest BCUT2D eigenvalue weighted by Crippen LogP contribution is 2.28. The third-order valence-electron chi connectivity index (χ3n) is 2.81. The van der Waals surface area contributed by atoms with E-state index in [-0.39, 0.29) is 15.5 Å². The second-order valence-electron chi connectivity index (χ2n) is 4.00. The van der Waals surface area contributed by atoms with Gasteiger partial charge in [-0.15, -0.1) is 0 Å². The van der Waals surface area contributed by atoms with Gasteiger partial charge in [-0.1, -0.05) is 17.7 Å². The van der Waals surface area contributed by atoms with E-state index in [1.165, 1.54) is 28.8 Å². The first-order valence-electron chi connectivity index (χ1n) is 5.42. The normalized spacial score (nSPS) is 11.1. The van der Waals surface area contributed by atoms with Gasteiger partial charge in [-0.3, -0.25) is 4.57 Å². The number of fused-ring (bicyclic) bond motifs is 1. The summed E-state index contributed by atoms with van der Waals surface area (Å²) < 4.78 is 29.0. The van der Waals surface area contributed by atoms with Crippen LogP contribution in [-0.4, -0.2) is 9.55 Å². The lowest BCUT2D eigenvalue weighted by Crippen LogP contribution is -1.99. The standard InChI is InChI=1S/C13H7ClF2N2S/c14-8-2-1-3-9(16)12(8)18-11-6-7(15)4-5-10(11)17-13(18)19/h1-6H,(H,17,19). The van der Waals surface area contributed by atoms with Crippen molar-refractivity contribution in [2.24, 2.45) is 0 Å². The number of halogens is 3. The van der Waals surface area contributed by atoms with Crippen LogP contribution in [0.4, 0.5) is 8.78 Å². The van der Waals surface area contributed by atoms with Crippen LogP contribution in [0.2, 0.25) is 5.02 Å². The van der Waals surface area contributed by atoms with Crippen LogP contribution in [0.25, 0.3) is 16.7 Å². The summed E-state index contributed by atoms with van der Waals surface area (Å²) in [6.45, 7) is 0. The van der Waals surface area contributed by atoms with Gasteiger partial charge in [-0.2, -0.15) is 0 Å². The van der Waals surface area contributed by atoms with E-state index in [9.17, 15) is 8.78 Å². The highest BCUT2D eigenvalue weighted by Gasteiger charge is 2.14. The van der Waals surface area contributed by atoms with E-state index < -0.39 is 11.6 Å². The molecule has 3 aromatic rings. The van der Waals surface area contributed by atoms with Gasteiger partial charge in [-0.05, 0) is 36.5 Å². The van der Waals surface area contributed by atoms with Crippen LogP contribution in [0.5, 0.6) is 0 Å². The minimum atomic E-state index is -0.520. The van der Waals surface area contributed by atoms with E-state index in [0.29, 0.717) is 11.0 Å². The molecule has 0 spiro atoms. The molecule has 1 aromatic heterocycles. The Balaban J connectivity index is 2.46. The predicted molar refractivity (Wildman–Crippen MR) is 73.4 cm³/mol. The van der Waals surface area contributed by atoms with Crippen molar-refractivity contribution in [2.75, 3.05) is 0 Å². The fraction of sp³-hybridized carbons (Fsp3) is 0. The van der Waals surface area contributed by atoms with Gasteiger partial charge in [0.2, 0.25) is 0 Å². The summed E-state index contributed by atoms with van der Waals surface area (Å²) in [6, 6.07) is 8.47. The van der Waals surface area contributed by atoms with Gasteiger partial charge >= 0.3 is 0 Å². The average molecular weight is 297 g/mol. The molecule has 0 saturated carbocycles. The molecule has 0 aliphatic carbocycles. The lowest BCUT2D eigenvalue weighted by molar-refractivity contribution is 0.617. The second kappa shape index (κ2) is 4.43. The number of aromatic amines is 1. The third-order valence-corrected chi connectivity index (χ3v) is 3.40. The zero-order chi connectivity index (χ0) is 13.6. The van der Waals surface area contributed by atoms with Crippen molar-refractivity contribution in [3.8, 4) is 5.69 Å². The van der Waals surface area contributed by atoms with Crippen molar-refractivity contribution < 1.29 is 8.78 Å². The molecule has 19 heavy (non-hydrogen) atoms. The molecule has 2 aromatic carbocycles. The van der Waals surface area contributed by atoms with Gasteiger partial charge in [0.05, 0.1) is 16.1 Å². The monoisotopic (exact) mass is 296 g/mol. The molecule has 96 valence electrons. The fourth-order valence-electron chi connectivity index (χ4n) is 2.00. The summed E-state index contributed by atoms with van der Waals surface area (Å²) in [5.41, 5.74) is 1.17. The third kappa shape index (κ3) is 1.95. The number of nitrogens with one attached hydrogen (secondary N) is 1. The van der Waals surface area contributed by atoms with Gasteiger partial charge < -0.3 is 4.98 Å². The van der Waals surface area contributed by atoms with Crippen molar-refractivity contribution >= 4 is 34.9 Å². The number of hydrogen-bond acceptors (Lipinski definition) is 1. The SMILES string of the molecule is Fc1ccc2[nH]c(=S)n(-c3c(F)cccc3Cl)c2c1. The zero-order valence-electron chi connectivity index (χ0n) is 9.45. The summed E-state index contributed by atoms with van der Waals surface area (Å²) in [7, 11) is 0. The van der Waals surface area contributed by atoms with E-state index in [0.717, 1.165) is 0 Å². The molecule has 0 radical (unpaired) electrons. The van der Waals surface area contributed by atoms with E-state index in [4.69, 9.17) is 23.8 Å². The Morgan fingerprint density at radius 2 is 1.95 bits per heavy atom. The summed E-state index contributed by atoms with van der Waals surface area (Å²) in [4.78, 5) is 2.89. The maximum atomic E-state index is 14.0. The minimum Gasteiger partial charge on any atom is -0.330 e. The highest BCUT2D eigenvalue weighted by molar-refractivity contribution is 7.71. The molecule has 1 heterocycles. The molecule has 0 bridgehead atoms. The molecule has 1 N–H and O–H groups in total. The van der Waals surface area contributed by atoms with Crippen LogP contribution in [0.15, 0.2) is 36.4 Å². The molecular weight excluding hydrogens is 290 g/mol. The lowest BCUT2D eigenvalue weighted by atomic mass is 10.2. The fourth-order valence-corrected chi connectivity index (χ4v) is 2.55. The molecule has 0 aliphatic heterocycles. The highest BCUT2D eigenvalue weighted by atomic mass is 35.5. The van der Waals surface area contributed by atoms with Crippen molar-refractivity contribution in [2.45, 2.75) is 0 Å². The number of rotatable bonds is 1. The first-order chi connectivity index (χ1) is 9.08. The molecule has 0 atom stereocenters. The molecule has 6 heteroatoms. The van der Waals surface area contributed by atoms with Crippen LogP contribution in [-0.2, 0) is 0 Å². The lowest BCUT2D eigenvalue weighted by Gasteiger charge is -2.08. The molecule has 0 saturated heterocycles. The van der Waals surface area contributed by atoms with Gasteiger partial charge in [0, 0.05) is 6.07 Å². The maximum Gasteiger partial charge on any atom is 0.182 e. The van der Waals surface area contributed by atoms with Crippen molar-refractivity contribution in [3.63, 3.8) is 0 Å². The Kier molecular flexibility index (Phi) is 2.88.